The molecule has 0 heterocycles. The Morgan fingerprint density at radius 1 is 1.06 bits per heavy atom. The first kappa shape index (κ1) is 12.7. The van der Waals surface area contributed by atoms with Crippen LogP contribution in [0.3, 0.4) is 0 Å². The summed E-state index contributed by atoms with van der Waals surface area (Å²) in [5.41, 5.74) is 3.99. The lowest BCUT2D eigenvalue weighted by Gasteiger charge is -2.04. The van der Waals surface area contributed by atoms with Crippen molar-refractivity contribution in [2.45, 2.75) is 0 Å². The summed E-state index contributed by atoms with van der Waals surface area (Å²) in [5, 5.41) is 14.4. The molecular formula is C13H10Cl2N2O. The fraction of sp³-hybridized carbons (Fsp3) is 0. The molecule has 2 aromatic carbocycles. The average Bonchev–Trinajstić information content (AvgIpc) is 2.37. The molecular weight excluding hydrogens is 271 g/mol. The lowest BCUT2D eigenvalue weighted by molar-refractivity contribution is 0.474. The number of phenols is 1. The molecule has 0 aliphatic rings. The molecule has 0 radical (unpaired) electrons. The zero-order valence-electron chi connectivity index (χ0n) is 9.27. The molecule has 0 saturated heterocycles. The number of aromatic hydroxyl groups is 1. The monoisotopic (exact) mass is 280 g/mol. The quantitative estimate of drug-likeness (QED) is 0.655. The fourth-order valence-corrected chi connectivity index (χ4v) is 1.70. The van der Waals surface area contributed by atoms with Gasteiger partial charge in [-0.2, -0.15) is 5.10 Å². The predicted octanol–water partition coefficient (Wildman–Crippen LogP) is 4.15. The minimum absolute atomic E-state index is 0.167. The third-order valence-corrected chi connectivity index (χ3v) is 3.10. The molecule has 18 heavy (non-hydrogen) atoms. The molecule has 0 aliphatic carbocycles. The molecule has 0 atom stereocenters. The molecule has 0 saturated carbocycles. The number of rotatable bonds is 3. The molecule has 3 nitrogen and oxygen atoms in total. The third-order valence-electron chi connectivity index (χ3n) is 2.28. The Balaban J connectivity index is 2.13. The van der Waals surface area contributed by atoms with Crippen molar-refractivity contribution >= 4 is 35.1 Å². The lowest BCUT2D eigenvalue weighted by atomic mass is 10.2. The molecule has 0 amide bonds. The first-order valence-electron chi connectivity index (χ1n) is 5.19. The molecule has 92 valence electrons. The van der Waals surface area contributed by atoms with Crippen LogP contribution >= 0.6 is 23.2 Å². The van der Waals surface area contributed by atoms with Crippen LogP contribution in [0, 0.1) is 0 Å². The summed E-state index contributed by atoms with van der Waals surface area (Å²) in [6.45, 7) is 0. The van der Waals surface area contributed by atoms with E-state index in [1.165, 1.54) is 6.21 Å². The lowest BCUT2D eigenvalue weighted by Crippen LogP contribution is -1.92. The van der Waals surface area contributed by atoms with E-state index in [1.54, 1.807) is 36.4 Å². The van der Waals surface area contributed by atoms with Crippen molar-refractivity contribution in [2.75, 3.05) is 5.43 Å². The number of para-hydroxylation sites is 1. The molecule has 2 rings (SSSR count). The number of benzene rings is 2. The Labute approximate surface area is 115 Å². The summed E-state index contributed by atoms with van der Waals surface area (Å²) < 4.78 is 0. The van der Waals surface area contributed by atoms with Gasteiger partial charge in [0.2, 0.25) is 0 Å². The predicted molar refractivity (Wildman–Crippen MR) is 75.8 cm³/mol. The van der Waals surface area contributed by atoms with Gasteiger partial charge in [-0.25, -0.2) is 0 Å². The minimum atomic E-state index is 0.167. The number of halogens is 2. The second-order valence-electron chi connectivity index (χ2n) is 3.53. The van der Waals surface area contributed by atoms with Crippen molar-refractivity contribution in [3.8, 4) is 5.75 Å². The van der Waals surface area contributed by atoms with Gasteiger partial charge in [0.05, 0.1) is 21.9 Å². The molecule has 0 bridgehead atoms. The van der Waals surface area contributed by atoms with Gasteiger partial charge in [-0.1, -0.05) is 41.4 Å². The van der Waals surface area contributed by atoms with Crippen LogP contribution in [0.5, 0.6) is 5.75 Å². The third kappa shape index (κ3) is 2.94. The molecule has 0 aliphatic heterocycles. The van der Waals surface area contributed by atoms with Gasteiger partial charge in [0, 0.05) is 5.56 Å². The summed E-state index contributed by atoms with van der Waals surface area (Å²) in [7, 11) is 0. The van der Waals surface area contributed by atoms with Crippen LogP contribution in [0.2, 0.25) is 10.0 Å². The largest absolute Gasteiger partial charge is 0.507 e. The van der Waals surface area contributed by atoms with E-state index in [2.05, 4.69) is 10.5 Å². The summed E-state index contributed by atoms with van der Waals surface area (Å²) in [6.07, 6.45) is 1.51. The fourth-order valence-electron chi connectivity index (χ4n) is 1.36. The Hall–Kier alpha value is -1.71. The van der Waals surface area contributed by atoms with Crippen LogP contribution in [-0.4, -0.2) is 11.3 Å². The highest BCUT2D eigenvalue weighted by Crippen LogP contribution is 2.29. The maximum absolute atomic E-state index is 9.54. The van der Waals surface area contributed by atoms with Gasteiger partial charge >= 0.3 is 0 Å². The van der Waals surface area contributed by atoms with Gasteiger partial charge < -0.3 is 5.11 Å². The van der Waals surface area contributed by atoms with E-state index < -0.39 is 0 Å². The van der Waals surface area contributed by atoms with E-state index in [0.717, 1.165) is 0 Å². The average molecular weight is 281 g/mol. The maximum atomic E-state index is 9.54. The van der Waals surface area contributed by atoms with Crippen molar-refractivity contribution in [3.05, 3.63) is 58.1 Å². The molecule has 5 heteroatoms. The number of nitrogens with one attached hydrogen (secondary N) is 1. The van der Waals surface area contributed by atoms with Crippen LogP contribution < -0.4 is 5.43 Å². The normalized spacial score (nSPS) is 10.8. The number of hydrogen-bond acceptors (Lipinski definition) is 3. The number of hydrazone groups is 1. The summed E-state index contributed by atoms with van der Waals surface area (Å²) in [4.78, 5) is 0. The second kappa shape index (κ2) is 5.76. The van der Waals surface area contributed by atoms with E-state index in [9.17, 15) is 5.11 Å². The molecule has 2 N–H and O–H groups in total. The van der Waals surface area contributed by atoms with Gasteiger partial charge in [-0.3, -0.25) is 5.43 Å². The molecule has 0 aromatic heterocycles. The standard InChI is InChI=1S/C13H10Cl2N2O/c14-10-5-3-6-11(13(10)15)17-16-8-9-4-1-2-7-12(9)18/h1-8,17-18H/b16-8+. The maximum Gasteiger partial charge on any atom is 0.124 e. The van der Waals surface area contributed by atoms with E-state index in [0.29, 0.717) is 21.3 Å². The Morgan fingerprint density at radius 3 is 2.61 bits per heavy atom. The van der Waals surface area contributed by atoms with Crippen LogP contribution in [0.4, 0.5) is 5.69 Å². The van der Waals surface area contributed by atoms with Crippen molar-refractivity contribution in [1.29, 1.82) is 0 Å². The van der Waals surface area contributed by atoms with Crippen molar-refractivity contribution in [2.24, 2.45) is 5.10 Å². The van der Waals surface area contributed by atoms with E-state index >= 15 is 0 Å². The highest BCUT2D eigenvalue weighted by molar-refractivity contribution is 6.43. The first-order chi connectivity index (χ1) is 8.68. The first-order valence-corrected chi connectivity index (χ1v) is 5.95. The molecule has 0 fully saturated rings. The number of anilines is 1. The Bertz CT molecular complexity index is 585. The zero-order valence-corrected chi connectivity index (χ0v) is 10.8. The van der Waals surface area contributed by atoms with Gasteiger partial charge in [-0.15, -0.1) is 0 Å². The minimum Gasteiger partial charge on any atom is -0.507 e. The van der Waals surface area contributed by atoms with Crippen molar-refractivity contribution in [1.82, 2.24) is 0 Å². The van der Waals surface area contributed by atoms with Crippen molar-refractivity contribution < 1.29 is 5.11 Å². The van der Waals surface area contributed by atoms with E-state index in [1.807, 2.05) is 6.07 Å². The summed E-state index contributed by atoms with van der Waals surface area (Å²) >= 11 is 11.9. The van der Waals surface area contributed by atoms with Crippen LogP contribution in [0.1, 0.15) is 5.56 Å². The van der Waals surface area contributed by atoms with Gasteiger partial charge in [0.25, 0.3) is 0 Å². The highest BCUT2D eigenvalue weighted by Gasteiger charge is 2.02. The van der Waals surface area contributed by atoms with E-state index in [4.69, 9.17) is 23.2 Å². The second-order valence-corrected chi connectivity index (χ2v) is 4.32. The molecule has 0 unspecified atom stereocenters. The van der Waals surface area contributed by atoms with Crippen molar-refractivity contribution in [3.63, 3.8) is 0 Å². The Kier molecular flexibility index (Phi) is 4.07. The molecule has 2 aromatic rings. The van der Waals surface area contributed by atoms with Gasteiger partial charge in [0.15, 0.2) is 0 Å². The van der Waals surface area contributed by atoms with Crippen LogP contribution in [-0.2, 0) is 0 Å². The zero-order chi connectivity index (χ0) is 13.0. The number of phenolic OH excluding ortho intramolecular Hbond substituents is 1. The van der Waals surface area contributed by atoms with Crippen LogP contribution in [0.15, 0.2) is 47.6 Å². The molecule has 0 spiro atoms. The van der Waals surface area contributed by atoms with Gasteiger partial charge in [0.1, 0.15) is 5.75 Å². The topological polar surface area (TPSA) is 44.6 Å². The Morgan fingerprint density at radius 2 is 1.83 bits per heavy atom. The summed E-state index contributed by atoms with van der Waals surface area (Å²) in [6, 6.07) is 12.1. The van der Waals surface area contributed by atoms with Crippen LogP contribution in [0.25, 0.3) is 0 Å². The number of nitrogens with zero attached hydrogens (tertiary/aromatic N) is 1. The SMILES string of the molecule is Oc1ccccc1/C=N/Nc1cccc(Cl)c1Cl. The highest BCUT2D eigenvalue weighted by atomic mass is 35.5. The van der Waals surface area contributed by atoms with E-state index in [-0.39, 0.29) is 5.75 Å². The summed E-state index contributed by atoms with van der Waals surface area (Å²) in [5.74, 6) is 0.167. The smallest absolute Gasteiger partial charge is 0.124 e. The van der Waals surface area contributed by atoms with Gasteiger partial charge in [-0.05, 0) is 24.3 Å². The number of hydrogen-bond donors (Lipinski definition) is 2.